The van der Waals surface area contributed by atoms with Crippen LogP contribution in [0.15, 0.2) is 23.0 Å². The van der Waals surface area contributed by atoms with Crippen LogP contribution in [0.4, 0.5) is 0 Å². The normalized spacial score (nSPS) is 10.3. The highest BCUT2D eigenvalue weighted by Crippen LogP contribution is 2.12. The van der Waals surface area contributed by atoms with Crippen LogP contribution >= 0.6 is 0 Å². The van der Waals surface area contributed by atoms with Gasteiger partial charge < -0.3 is 14.9 Å². The molecule has 0 aliphatic rings. The van der Waals surface area contributed by atoms with E-state index in [1.165, 1.54) is 18.5 Å². The van der Waals surface area contributed by atoms with Gasteiger partial charge in [-0.1, -0.05) is 5.16 Å². The van der Waals surface area contributed by atoms with Crippen LogP contribution in [0.3, 0.4) is 0 Å². The zero-order valence-electron chi connectivity index (χ0n) is 10.1. The van der Waals surface area contributed by atoms with Gasteiger partial charge in [-0.05, 0) is 19.9 Å². The number of nitrogens with zero attached hydrogens (tertiary/aromatic N) is 2. The molecule has 6 nitrogen and oxygen atoms in total. The third-order valence-electron chi connectivity index (χ3n) is 2.59. The molecular weight excluding hydrogens is 234 g/mol. The molecule has 2 heterocycles. The molecule has 6 heteroatoms. The second-order valence-electron chi connectivity index (χ2n) is 3.92. The summed E-state index contributed by atoms with van der Waals surface area (Å²) in [7, 11) is 0. The van der Waals surface area contributed by atoms with Crippen LogP contribution in [0.25, 0.3) is 0 Å². The minimum atomic E-state index is -0.307. The van der Waals surface area contributed by atoms with Crippen molar-refractivity contribution in [2.24, 2.45) is 0 Å². The molecule has 1 amide bonds. The van der Waals surface area contributed by atoms with Crippen molar-refractivity contribution in [3.8, 4) is 5.75 Å². The van der Waals surface area contributed by atoms with Crippen molar-refractivity contribution in [3.05, 3.63) is 41.0 Å². The Morgan fingerprint density at radius 2 is 2.22 bits per heavy atom. The molecule has 2 N–H and O–H groups in total. The number of amides is 1. The van der Waals surface area contributed by atoms with Crippen LogP contribution in [0.2, 0.25) is 0 Å². The first-order valence-corrected chi connectivity index (χ1v) is 5.42. The summed E-state index contributed by atoms with van der Waals surface area (Å²) in [5.74, 6) is 0.334. The summed E-state index contributed by atoms with van der Waals surface area (Å²) in [6, 6.07) is 1.36. The summed E-state index contributed by atoms with van der Waals surface area (Å²) in [6.45, 7) is 3.93. The number of nitrogens with one attached hydrogen (secondary N) is 1. The van der Waals surface area contributed by atoms with Gasteiger partial charge in [-0.15, -0.1) is 0 Å². The minimum absolute atomic E-state index is 0.0417. The molecule has 0 radical (unpaired) electrons. The van der Waals surface area contributed by atoms with Crippen LogP contribution < -0.4 is 5.32 Å². The maximum atomic E-state index is 11.8. The summed E-state index contributed by atoms with van der Waals surface area (Å²) in [4.78, 5) is 15.5. The van der Waals surface area contributed by atoms with Gasteiger partial charge in [0.2, 0.25) is 0 Å². The Kier molecular flexibility index (Phi) is 3.27. The van der Waals surface area contributed by atoms with Crippen LogP contribution in [0, 0.1) is 13.8 Å². The van der Waals surface area contributed by atoms with Gasteiger partial charge >= 0.3 is 0 Å². The van der Waals surface area contributed by atoms with E-state index in [4.69, 9.17) is 4.52 Å². The second kappa shape index (κ2) is 4.87. The summed E-state index contributed by atoms with van der Waals surface area (Å²) < 4.78 is 5.00. The highest BCUT2D eigenvalue weighted by Gasteiger charge is 2.11. The number of carbonyl (C=O) groups is 1. The number of hydrogen-bond acceptors (Lipinski definition) is 5. The highest BCUT2D eigenvalue weighted by molar-refractivity contribution is 5.94. The van der Waals surface area contributed by atoms with Crippen molar-refractivity contribution < 1.29 is 14.4 Å². The number of hydrogen-bond donors (Lipinski definition) is 2. The Balaban J connectivity index is 2.05. The van der Waals surface area contributed by atoms with Gasteiger partial charge in [0.1, 0.15) is 11.5 Å². The molecule has 2 rings (SSSR count). The molecule has 2 aromatic heterocycles. The molecule has 0 aliphatic heterocycles. The summed E-state index contributed by atoms with van der Waals surface area (Å²) in [5, 5.41) is 15.8. The molecule has 0 saturated heterocycles. The molecule has 0 aromatic carbocycles. The van der Waals surface area contributed by atoms with E-state index in [-0.39, 0.29) is 11.7 Å². The van der Waals surface area contributed by atoms with Gasteiger partial charge in [-0.25, -0.2) is 0 Å². The second-order valence-corrected chi connectivity index (χ2v) is 3.92. The average Bonchev–Trinajstić information content (AvgIpc) is 2.66. The molecule has 0 unspecified atom stereocenters. The Morgan fingerprint density at radius 3 is 2.83 bits per heavy atom. The van der Waals surface area contributed by atoms with E-state index in [9.17, 15) is 9.90 Å². The van der Waals surface area contributed by atoms with Crippen LogP contribution in [-0.2, 0) is 6.54 Å². The fraction of sp³-hybridized carbons (Fsp3) is 0.250. The van der Waals surface area contributed by atoms with E-state index < -0.39 is 0 Å². The van der Waals surface area contributed by atoms with Crippen LogP contribution in [0.1, 0.15) is 27.4 Å². The predicted octanol–water partition coefficient (Wildman–Crippen LogP) is 1.32. The summed E-state index contributed by atoms with van der Waals surface area (Å²) in [6.07, 6.45) is 2.66. The predicted molar refractivity (Wildman–Crippen MR) is 63.0 cm³/mol. The van der Waals surface area contributed by atoms with Crippen molar-refractivity contribution in [2.75, 3.05) is 0 Å². The quantitative estimate of drug-likeness (QED) is 0.854. The maximum Gasteiger partial charge on any atom is 0.253 e. The molecule has 94 valence electrons. The average molecular weight is 247 g/mol. The molecule has 0 bridgehead atoms. The molecule has 0 aliphatic carbocycles. The van der Waals surface area contributed by atoms with Gasteiger partial charge in [-0.3, -0.25) is 9.78 Å². The monoisotopic (exact) mass is 247 g/mol. The van der Waals surface area contributed by atoms with E-state index in [0.717, 1.165) is 11.3 Å². The Labute approximate surface area is 104 Å². The topological polar surface area (TPSA) is 88.3 Å². The number of carbonyl (C=O) groups excluding carboxylic acids is 1. The number of rotatable bonds is 3. The van der Waals surface area contributed by atoms with Gasteiger partial charge in [0, 0.05) is 18.3 Å². The van der Waals surface area contributed by atoms with Gasteiger partial charge in [0.15, 0.2) is 0 Å². The fourth-order valence-corrected chi connectivity index (χ4v) is 1.58. The lowest BCUT2D eigenvalue weighted by Gasteiger charge is -2.04. The maximum absolute atomic E-state index is 11.8. The van der Waals surface area contributed by atoms with Crippen LogP contribution in [0.5, 0.6) is 5.75 Å². The zero-order chi connectivity index (χ0) is 13.1. The SMILES string of the molecule is Cc1noc(C)c1CNC(=O)c1cncc(O)c1. The molecule has 2 aromatic rings. The van der Waals surface area contributed by atoms with Crippen molar-refractivity contribution in [1.82, 2.24) is 15.5 Å². The lowest BCUT2D eigenvalue weighted by atomic mass is 10.2. The van der Waals surface area contributed by atoms with Crippen molar-refractivity contribution in [1.29, 1.82) is 0 Å². The third kappa shape index (κ3) is 2.48. The van der Waals surface area contributed by atoms with Gasteiger partial charge in [0.25, 0.3) is 5.91 Å². The standard InChI is InChI=1S/C12H13N3O3/c1-7-11(8(2)18-15-7)6-14-12(17)9-3-10(16)5-13-4-9/h3-5,16H,6H2,1-2H3,(H,14,17). The van der Waals surface area contributed by atoms with E-state index in [2.05, 4.69) is 15.5 Å². The van der Waals surface area contributed by atoms with E-state index >= 15 is 0 Å². The van der Waals surface area contributed by atoms with Crippen molar-refractivity contribution in [3.63, 3.8) is 0 Å². The van der Waals surface area contributed by atoms with Crippen molar-refractivity contribution >= 4 is 5.91 Å². The number of aromatic nitrogens is 2. The fourth-order valence-electron chi connectivity index (χ4n) is 1.58. The lowest BCUT2D eigenvalue weighted by Crippen LogP contribution is -2.23. The van der Waals surface area contributed by atoms with E-state index in [1.807, 2.05) is 6.92 Å². The number of aryl methyl sites for hydroxylation is 2. The Bertz CT molecular complexity index is 558. The molecule has 0 saturated carbocycles. The molecule has 0 atom stereocenters. The largest absolute Gasteiger partial charge is 0.506 e. The number of pyridine rings is 1. The first-order chi connectivity index (χ1) is 8.58. The van der Waals surface area contributed by atoms with E-state index in [1.54, 1.807) is 6.92 Å². The van der Waals surface area contributed by atoms with Gasteiger partial charge in [-0.2, -0.15) is 0 Å². The highest BCUT2D eigenvalue weighted by atomic mass is 16.5. The minimum Gasteiger partial charge on any atom is -0.506 e. The van der Waals surface area contributed by atoms with Crippen molar-refractivity contribution in [2.45, 2.75) is 20.4 Å². The Hall–Kier alpha value is -2.37. The molecule has 0 spiro atoms. The van der Waals surface area contributed by atoms with Crippen LogP contribution in [-0.4, -0.2) is 21.2 Å². The summed E-state index contributed by atoms with van der Waals surface area (Å²) >= 11 is 0. The smallest absolute Gasteiger partial charge is 0.253 e. The van der Waals surface area contributed by atoms with Gasteiger partial charge in [0.05, 0.1) is 17.5 Å². The number of aromatic hydroxyl groups is 1. The third-order valence-corrected chi connectivity index (χ3v) is 2.59. The van der Waals surface area contributed by atoms with E-state index in [0.29, 0.717) is 17.9 Å². The first kappa shape index (κ1) is 12.1. The molecular formula is C12H13N3O3. The first-order valence-electron chi connectivity index (χ1n) is 5.42. The Morgan fingerprint density at radius 1 is 1.44 bits per heavy atom. The zero-order valence-corrected chi connectivity index (χ0v) is 10.1. The molecule has 18 heavy (non-hydrogen) atoms. The summed E-state index contributed by atoms with van der Waals surface area (Å²) in [5.41, 5.74) is 1.92. The molecule has 0 fully saturated rings. The lowest BCUT2D eigenvalue weighted by molar-refractivity contribution is 0.0950.